The lowest BCUT2D eigenvalue weighted by Gasteiger charge is -2.13. The summed E-state index contributed by atoms with van der Waals surface area (Å²) in [5.41, 5.74) is -2.46. The zero-order valence-corrected chi connectivity index (χ0v) is 17.4. The number of hydrogen-bond donors (Lipinski definition) is 1. The Kier molecular flexibility index (Phi) is 6.61. The van der Waals surface area contributed by atoms with Crippen molar-refractivity contribution in [1.82, 2.24) is 19.7 Å². The molecule has 0 saturated heterocycles. The average molecular weight is 446 g/mol. The number of carbonyl (C=O) groups is 1. The van der Waals surface area contributed by atoms with E-state index in [1.807, 2.05) is 13.8 Å². The van der Waals surface area contributed by atoms with Gasteiger partial charge in [-0.2, -0.15) is 23.0 Å². The minimum absolute atomic E-state index is 0.119. The lowest BCUT2D eigenvalue weighted by Crippen LogP contribution is -2.46. The number of amides is 1. The summed E-state index contributed by atoms with van der Waals surface area (Å²) < 4.78 is 40.2. The number of carbonyl (C=O) groups excluding carboxylic acids is 1. The van der Waals surface area contributed by atoms with Crippen LogP contribution in [0, 0.1) is 5.92 Å². The zero-order chi connectivity index (χ0) is 23.5. The van der Waals surface area contributed by atoms with Gasteiger partial charge < -0.3 is 5.32 Å². The van der Waals surface area contributed by atoms with E-state index in [1.54, 1.807) is 30.3 Å². The average Bonchev–Trinajstić information content (AvgIpc) is 2.75. The molecule has 1 N–H and O–H groups in total. The fourth-order valence-electron chi connectivity index (χ4n) is 2.90. The SMILES string of the molecule is CC(C)CNC(=O)c1nn(-c2ccccc2)c(=O)n(Cc2ccc(C(F)(F)F)cc2)c1=O. The highest BCUT2D eigenvalue weighted by atomic mass is 19.4. The van der Waals surface area contributed by atoms with E-state index >= 15 is 0 Å². The van der Waals surface area contributed by atoms with Crippen molar-refractivity contribution in [3.63, 3.8) is 0 Å². The van der Waals surface area contributed by atoms with Gasteiger partial charge in [-0.25, -0.2) is 4.79 Å². The van der Waals surface area contributed by atoms with Crippen LogP contribution in [0.1, 0.15) is 35.5 Å². The number of alkyl halides is 3. The van der Waals surface area contributed by atoms with Crippen molar-refractivity contribution in [2.75, 3.05) is 6.54 Å². The van der Waals surface area contributed by atoms with Crippen LogP contribution in [0.25, 0.3) is 5.69 Å². The fraction of sp³-hybridized carbons (Fsp3) is 0.273. The molecule has 7 nitrogen and oxygen atoms in total. The molecule has 1 aromatic heterocycles. The molecule has 0 aliphatic rings. The topological polar surface area (TPSA) is 86.0 Å². The first-order valence-electron chi connectivity index (χ1n) is 9.82. The molecule has 0 aliphatic carbocycles. The second kappa shape index (κ2) is 9.21. The molecule has 0 radical (unpaired) electrons. The maximum Gasteiger partial charge on any atom is 0.416 e. The summed E-state index contributed by atoms with van der Waals surface area (Å²) in [6, 6.07) is 12.3. The summed E-state index contributed by atoms with van der Waals surface area (Å²) in [7, 11) is 0. The van der Waals surface area contributed by atoms with Gasteiger partial charge in [-0.3, -0.25) is 14.2 Å². The third kappa shape index (κ3) is 5.13. The number of halogens is 3. The van der Waals surface area contributed by atoms with Crippen LogP contribution in [0.3, 0.4) is 0 Å². The van der Waals surface area contributed by atoms with Crippen molar-refractivity contribution in [2.45, 2.75) is 26.6 Å². The van der Waals surface area contributed by atoms with Crippen LogP contribution in [0.2, 0.25) is 0 Å². The minimum atomic E-state index is -4.51. The Hall–Kier alpha value is -3.69. The van der Waals surface area contributed by atoms with E-state index in [0.29, 0.717) is 12.2 Å². The molecule has 0 aliphatic heterocycles. The number of nitrogens with one attached hydrogen (secondary N) is 1. The Labute approximate surface area is 181 Å². The Bertz CT molecular complexity index is 1210. The van der Waals surface area contributed by atoms with Gasteiger partial charge in [-0.05, 0) is 35.7 Å². The fourth-order valence-corrected chi connectivity index (χ4v) is 2.90. The lowest BCUT2D eigenvalue weighted by atomic mass is 10.1. The molecule has 1 heterocycles. The Balaban J connectivity index is 2.09. The van der Waals surface area contributed by atoms with Crippen molar-refractivity contribution in [1.29, 1.82) is 0 Å². The molecular weight excluding hydrogens is 425 g/mol. The summed E-state index contributed by atoms with van der Waals surface area (Å²) in [6.45, 7) is 3.72. The van der Waals surface area contributed by atoms with Crippen LogP contribution in [0.4, 0.5) is 13.2 Å². The highest BCUT2D eigenvalue weighted by molar-refractivity contribution is 5.91. The van der Waals surface area contributed by atoms with Crippen molar-refractivity contribution in [3.8, 4) is 5.69 Å². The van der Waals surface area contributed by atoms with Gasteiger partial charge >= 0.3 is 11.9 Å². The minimum Gasteiger partial charge on any atom is -0.350 e. The normalized spacial score (nSPS) is 11.6. The van der Waals surface area contributed by atoms with E-state index in [-0.39, 0.29) is 18.0 Å². The highest BCUT2D eigenvalue weighted by Crippen LogP contribution is 2.29. The summed E-state index contributed by atoms with van der Waals surface area (Å²) in [4.78, 5) is 38.5. The van der Waals surface area contributed by atoms with Crippen LogP contribution < -0.4 is 16.6 Å². The Morgan fingerprint density at radius 3 is 2.22 bits per heavy atom. The number of hydrogen-bond acceptors (Lipinski definition) is 4. The molecule has 0 atom stereocenters. The van der Waals surface area contributed by atoms with Gasteiger partial charge in [0, 0.05) is 6.54 Å². The predicted octanol–water partition coefficient (Wildman–Crippen LogP) is 2.85. The van der Waals surface area contributed by atoms with E-state index in [9.17, 15) is 27.6 Å². The zero-order valence-electron chi connectivity index (χ0n) is 17.4. The maximum atomic E-state index is 13.0. The number of benzene rings is 2. The molecule has 32 heavy (non-hydrogen) atoms. The van der Waals surface area contributed by atoms with Crippen LogP contribution >= 0.6 is 0 Å². The smallest absolute Gasteiger partial charge is 0.350 e. The standard InChI is InChI=1S/C22H21F3N4O3/c1-14(2)12-26-19(30)18-20(31)28(13-15-8-10-16(11-9-15)22(23,24)25)21(32)29(27-18)17-6-4-3-5-7-17/h3-11,14H,12-13H2,1-2H3,(H,26,30). The Morgan fingerprint density at radius 1 is 1.03 bits per heavy atom. The Morgan fingerprint density at radius 2 is 1.66 bits per heavy atom. The first-order chi connectivity index (χ1) is 15.1. The van der Waals surface area contributed by atoms with Crippen molar-refractivity contribution < 1.29 is 18.0 Å². The van der Waals surface area contributed by atoms with Gasteiger partial charge in [0.2, 0.25) is 5.69 Å². The van der Waals surface area contributed by atoms with Gasteiger partial charge in [-0.15, -0.1) is 0 Å². The van der Waals surface area contributed by atoms with Crippen LogP contribution in [0.5, 0.6) is 0 Å². The van der Waals surface area contributed by atoms with E-state index in [1.165, 1.54) is 12.1 Å². The first kappa shape index (κ1) is 23.0. The molecule has 0 spiro atoms. The van der Waals surface area contributed by atoms with E-state index in [2.05, 4.69) is 10.4 Å². The third-order valence-corrected chi connectivity index (χ3v) is 4.57. The summed E-state index contributed by atoms with van der Waals surface area (Å²) in [5, 5.41) is 6.58. The van der Waals surface area contributed by atoms with Crippen LogP contribution in [-0.2, 0) is 12.7 Å². The van der Waals surface area contributed by atoms with Gasteiger partial charge in [0.05, 0.1) is 17.8 Å². The van der Waals surface area contributed by atoms with Crippen molar-refractivity contribution in [2.24, 2.45) is 5.92 Å². The van der Waals surface area contributed by atoms with Crippen molar-refractivity contribution in [3.05, 3.63) is 92.3 Å². The number of rotatable bonds is 6. The van der Waals surface area contributed by atoms with E-state index in [0.717, 1.165) is 21.4 Å². The molecule has 168 valence electrons. The van der Waals surface area contributed by atoms with Crippen LogP contribution in [-0.4, -0.2) is 26.8 Å². The molecule has 0 bridgehead atoms. The first-order valence-corrected chi connectivity index (χ1v) is 9.82. The third-order valence-electron chi connectivity index (χ3n) is 4.57. The number of aromatic nitrogens is 3. The summed E-state index contributed by atoms with van der Waals surface area (Å²) >= 11 is 0. The van der Waals surface area contributed by atoms with Gasteiger partial charge in [-0.1, -0.05) is 44.2 Å². The predicted molar refractivity (Wildman–Crippen MR) is 112 cm³/mol. The van der Waals surface area contributed by atoms with Crippen LogP contribution in [0.15, 0.2) is 64.2 Å². The quantitative estimate of drug-likeness (QED) is 0.631. The lowest BCUT2D eigenvalue weighted by molar-refractivity contribution is -0.137. The van der Waals surface area contributed by atoms with Crippen molar-refractivity contribution >= 4 is 5.91 Å². The second-order valence-electron chi connectivity index (χ2n) is 7.57. The monoisotopic (exact) mass is 446 g/mol. The van der Waals surface area contributed by atoms with E-state index in [4.69, 9.17) is 0 Å². The molecule has 3 aromatic rings. The molecule has 0 saturated carbocycles. The molecule has 1 amide bonds. The maximum absolute atomic E-state index is 13.0. The molecular formula is C22H21F3N4O3. The van der Waals surface area contributed by atoms with E-state index < -0.39 is 34.6 Å². The number of nitrogens with zero attached hydrogens (tertiary/aromatic N) is 3. The molecule has 10 heteroatoms. The molecule has 3 rings (SSSR count). The number of para-hydroxylation sites is 1. The highest BCUT2D eigenvalue weighted by Gasteiger charge is 2.30. The summed E-state index contributed by atoms with van der Waals surface area (Å²) in [5.74, 6) is -0.622. The molecule has 2 aromatic carbocycles. The van der Waals surface area contributed by atoms with Gasteiger partial charge in [0.15, 0.2) is 0 Å². The largest absolute Gasteiger partial charge is 0.416 e. The summed E-state index contributed by atoms with van der Waals surface area (Å²) in [6.07, 6.45) is -4.51. The van der Waals surface area contributed by atoms with Gasteiger partial charge in [0.25, 0.3) is 11.5 Å². The molecule has 0 fully saturated rings. The van der Waals surface area contributed by atoms with Gasteiger partial charge in [0.1, 0.15) is 0 Å². The molecule has 0 unspecified atom stereocenters. The second-order valence-corrected chi connectivity index (χ2v) is 7.57.